The maximum atomic E-state index is 12.2. The molecule has 2 aromatic rings. The molecule has 3 amide bonds. The molecule has 8 heteroatoms. The maximum Gasteiger partial charge on any atom is 0.324 e. The minimum atomic E-state index is -0.428. The quantitative estimate of drug-likeness (QED) is 0.834. The summed E-state index contributed by atoms with van der Waals surface area (Å²) in [6, 6.07) is 9.29. The van der Waals surface area contributed by atoms with Crippen LogP contribution >= 0.6 is 11.8 Å². The molecule has 22 heavy (non-hydrogen) atoms. The number of imide groups is 1. The number of nitrogens with zero attached hydrogens (tertiary/aromatic N) is 3. The summed E-state index contributed by atoms with van der Waals surface area (Å²) in [6.07, 6.45) is 0. The molecule has 0 radical (unpaired) electrons. The Labute approximate surface area is 131 Å². The molecule has 1 aromatic heterocycles. The first-order valence-electron chi connectivity index (χ1n) is 6.89. The van der Waals surface area contributed by atoms with Gasteiger partial charge in [0.1, 0.15) is 0 Å². The van der Waals surface area contributed by atoms with E-state index in [9.17, 15) is 9.59 Å². The fourth-order valence-corrected chi connectivity index (χ4v) is 2.92. The lowest BCUT2D eigenvalue weighted by Crippen LogP contribution is -2.38. The van der Waals surface area contributed by atoms with Crippen LogP contribution in [-0.4, -0.2) is 50.4 Å². The number of hydrogen-bond acceptors (Lipinski definition) is 5. The summed E-state index contributed by atoms with van der Waals surface area (Å²) in [5, 5.41) is 9.65. The average molecular weight is 317 g/mol. The van der Waals surface area contributed by atoms with Gasteiger partial charge in [-0.3, -0.25) is 14.8 Å². The first-order valence-corrected chi connectivity index (χ1v) is 7.77. The van der Waals surface area contributed by atoms with Crippen LogP contribution in [0, 0.1) is 0 Å². The van der Waals surface area contributed by atoms with E-state index in [1.807, 2.05) is 30.3 Å². The Morgan fingerprint density at radius 2 is 2.14 bits per heavy atom. The van der Waals surface area contributed by atoms with E-state index >= 15 is 0 Å². The maximum absolute atomic E-state index is 12.2. The largest absolute Gasteiger partial charge is 0.336 e. The molecule has 1 aliphatic rings. The van der Waals surface area contributed by atoms with Gasteiger partial charge in [-0.1, -0.05) is 42.1 Å². The smallest absolute Gasteiger partial charge is 0.324 e. The fraction of sp³-hybridized carbons (Fsp3) is 0.286. The van der Waals surface area contributed by atoms with Crippen LogP contribution < -0.4 is 5.32 Å². The number of thioether (sulfide) groups is 1. The predicted molar refractivity (Wildman–Crippen MR) is 82.2 cm³/mol. The number of aromatic nitrogens is 3. The van der Waals surface area contributed by atoms with Crippen LogP contribution in [-0.2, 0) is 4.79 Å². The summed E-state index contributed by atoms with van der Waals surface area (Å²) in [5.41, 5.74) is 0.930. The molecular weight excluding hydrogens is 302 g/mol. The second kappa shape index (κ2) is 6.18. The van der Waals surface area contributed by atoms with Gasteiger partial charge in [0.15, 0.2) is 5.82 Å². The van der Waals surface area contributed by atoms with E-state index in [0.717, 1.165) is 5.56 Å². The number of H-pyrrole nitrogens is 1. The molecule has 3 rings (SSSR count). The van der Waals surface area contributed by atoms with Crippen LogP contribution in [0.15, 0.2) is 35.5 Å². The molecule has 2 heterocycles. The first kappa shape index (κ1) is 14.6. The van der Waals surface area contributed by atoms with Crippen molar-refractivity contribution in [1.82, 2.24) is 25.4 Å². The number of carbonyl (C=O) groups is 2. The Bertz CT molecular complexity index is 688. The van der Waals surface area contributed by atoms with Gasteiger partial charge in [-0.05, 0) is 6.92 Å². The van der Waals surface area contributed by atoms with Crippen LogP contribution in [0.1, 0.15) is 6.92 Å². The third-order valence-corrected chi connectivity index (χ3v) is 4.21. The molecule has 1 fully saturated rings. The van der Waals surface area contributed by atoms with Gasteiger partial charge >= 0.3 is 6.03 Å². The zero-order valence-corrected chi connectivity index (χ0v) is 12.8. The standard InChI is InChI=1S/C14H15N5O2S/c1-9(12(20)19-8-7-15-14(19)21)22-13-16-11(17-18-13)10-5-3-2-4-6-10/h2-6,9H,7-8H2,1H3,(H,15,21)(H,16,17,18)/t9-/m1/s1. The van der Waals surface area contributed by atoms with E-state index in [-0.39, 0.29) is 11.9 Å². The molecule has 7 nitrogen and oxygen atoms in total. The topological polar surface area (TPSA) is 91.0 Å². The molecule has 114 valence electrons. The summed E-state index contributed by atoms with van der Waals surface area (Å²) >= 11 is 1.23. The zero-order valence-electron chi connectivity index (χ0n) is 11.9. The Balaban J connectivity index is 1.67. The van der Waals surface area contributed by atoms with E-state index in [4.69, 9.17) is 0 Å². The van der Waals surface area contributed by atoms with Crippen molar-refractivity contribution in [2.24, 2.45) is 0 Å². The van der Waals surface area contributed by atoms with Crippen molar-refractivity contribution in [3.05, 3.63) is 30.3 Å². The zero-order chi connectivity index (χ0) is 15.5. The number of aromatic amines is 1. The highest BCUT2D eigenvalue weighted by atomic mass is 32.2. The molecule has 0 unspecified atom stereocenters. The minimum Gasteiger partial charge on any atom is -0.336 e. The van der Waals surface area contributed by atoms with Crippen LogP contribution in [0.4, 0.5) is 4.79 Å². The second-order valence-corrected chi connectivity index (χ2v) is 6.12. The Morgan fingerprint density at radius 3 is 2.82 bits per heavy atom. The van der Waals surface area contributed by atoms with Gasteiger partial charge in [-0.15, -0.1) is 5.10 Å². The molecule has 1 saturated heterocycles. The van der Waals surface area contributed by atoms with Crippen molar-refractivity contribution in [2.75, 3.05) is 13.1 Å². The highest BCUT2D eigenvalue weighted by molar-refractivity contribution is 8.00. The first-order chi connectivity index (χ1) is 10.6. The Morgan fingerprint density at radius 1 is 1.36 bits per heavy atom. The van der Waals surface area contributed by atoms with Crippen LogP contribution in [0.5, 0.6) is 0 Å². The highest BCUT2D eigenvalue weighted by Gasteiger charge is 2.30. The van der Waals surface area contributed by atoms with Gasteiger partial charge in [0.05, 0.1) is 5.25 Å². The molecule has 1 aliphatic heterocycles. The monoisotopic (exact) mass is 317 g/mol. The van der Waals surface area contributed by atoms with Crippen LogP contribution in [0.2, 0.25) is 0 Å². The minimum absolute atomic E-state index is 0.230. The molecule has 1 aromatic carbocycles. The third-order valence-electron chi connectivity index (χ3n) is 3.26. The summed E-state index contributed by atoms with van der Waals surface area (Å²) in [6.45, 7) is 2.66. The lowest BCUT2D eigenvalue weighted by atomic mass is 10.2. The number of amides is 3. The van der Waals surface area contributed by atoms with E-state index < -0.39 is 5.25 Å². The normalized spacial score (nSPS) is 15.7. The van der Waals surface area contributed by atoms with Crippen molar-refractivity contribution < 1.29 is 9.59 Å². The number of carbonyl (C=O) groups excluding carboxylic acids is 2. The van der Waals surface area contributed by atoms with Crippen LogP contribution in [0.25, 0.3) is 11.4 Å². The number of rotatable bonds is 4. The molecule has 0 spiro atoms. The molecule has 0 saturated carbocycles. The fourth-order valence-electron chi connectivity index (χ4n) is 2.13. The van der Waals surface area contributed by atoms with Crippen molar-refractivity contribution in [3.63, 3.8) is 0 Å². The highest BCUT2D eigenvalue weighted by Crippen LogP contribution is 2.24. The SMILES string of the molecule is C[C@@H](Sc1n[nH]c(-c2ccccc2)n1)C(=O)N1CCNC1=O. The van der Waals surface area contributed by atoms with Gasteiger partial charge in [0.2, 0.25) is 11.1 Å². The Hall–Kier alpha value is -2.35. The van der Waals surface area contributed by atoms with Crippen molar-refractivity contribution in [2.45, 2.75) is 17.3 Å². The van der Waals surface area contributed by atoms with E-state index in [1.54, 1.807) is 6.92 Å². The number of urea groups is 1. The summed E-state index contributed by atoms with van der Waals surface area (Å²) in [4.78, 5) is 29.3. The third kappa shape index (κ3) is 2.96. The molecule has 0 aliphatic carbocycles. The van der Waals surface area contributed by atoms with E-state index in [0.29, 0.717) is 24.1 Å². The van der Waals surface area contributed by atoms with Gasteiger partial charge in [-0.2, -0.15) is 0 Å². The van der Waals surface area contributed by atoms with Gasteiger partial charge in [-0.25, -0.2) is 9.78 Å². The average Bonchev–Trinajstić information content (AvgIpc) is 3.16. The molecule has 0 bridgehead atoms. The van der Waals surface area contributed by atoms with Crippen LogP contribution in [0.3, 0.4) is 0 Å². The number of benzene rings is 1. The van der Waals surface area contributed by atoms with Gasteiger partial charge in [0, 0.05) is 18.7 Å². The second-order valence-electron chi connectivity index (χ2n) is 4.81. The lowest BCUT2D eigenvalue weighted by molar-refractivity contribution is -0.126. The lowest BCUT2D eigenvalue weighted by Gasteiger charge is -2.15. The molecule has 1 atom stereocenters. The van der Waals surface area contributed by atoms with Crippen molar-refractivity contribution >= 4 is 23.7 Å². The molecular formula is C14H15N5O2S. The predicted octanol–water partition coefficient (Wildman–Crippen LogP) is 1.50. The summed E-state index contributed by atoms with van der Waals surface area (Å²) < 4.78 is 0. The van der Waals surface area contributed by atoms with Gasteiger partial charge < -0.3 is 5.32 Å². The van der Waals surface area contributed by atoms with E-state index in [2.05, 4.69) is 20.5 Å². The van der Waals surface area contributed by atoms with Crippen molar-refractivity contribution in [1.29, 1.82) is 0 Å². The number of nitrogens with one attached hydrogen (secondary N) is 2. The van der Waals surface area contributed by atoms with Gasteiger partial charge in [0.25, 0.3) is 0 Å². The number of hydrogen-bond donors (Lipinski definition) is 2. The summed E-state index contributed by atoms with van der Waals surface area (Å²) in [5.74, 6) is 0.424. The Kier molecular flexibility index (Phi) is 4.10. The van der Waals surface area contributed by atoms with Crippen molar-refractivity contribution in [3.8, 4) is 11.4 Å². The summed E-state index contributed by atoms with van der Waals surface area (Å²) in [7, 11) is 0. The van der Waals surface area contributed by atoms with E-state index in [1.165, 1.54) is 16.7 Å². The molecule has 2 N–H and O–H groups in total.